The molecule has 4 rings (SSSR count). The van der Waals surface area contributed by atoms with E-state index in [1.807, 2.05) is 23.6 Å². The number of nitrogens with zero attached hydrogens (tertiary/aromatic N) is 2. The molecule has 0 aliphatic carbocycles. The molecule has 1 aliphatic rings. The Hall–Kier alpha value is -2.87. The summed E-state index contributed by atoms with van der Waals surface area (Å²) in [5, 5.41) is 12.2. The summed E-state index contributed by atoms with van der Waals surface area (Å²) >= 11 is 1.37. The van der Waals surface area contributed by atoms with Gasteiger partial charge in [-0.2, -0.15) is 5.10 Å². The number of thiazole rings is 1. The summed E-state index contributed by atoms with van der Waals surface area (Å²) in [5.74, 6) is 1.68. The van der Waals surface area contributed by atoms with E-state index in [2.05, 4.69) is 34.3 Å². The maximum atomic E-state index is 12.4. The van der Waals surface area contributed by atoms with Crippen molar-refractivity contribution in [3.63, 3.8) is 0 Å². The molecule has 0 radical (unpaired) electrons. The van der Waals surface area contributed by atoms with Crippen LogP contribution in [0.1, 0.15) is 30.0 Å². The van der Waals surface area contributed by atoms with Crippen LogP contribution in [0.15, 0.2) is 29.6 Å². The maximum absolute atomic E-state index is 12.4. The van der Waals surface area contributed by atoms with E-state index in [0.29, 0.717) is 35.7 Å². The number of fused-ring (bicyclic) bond motifs is 1. The van der Waals surface area contributed by atoms with Crippen LogP contribution in [0.3, 0.4) is 0 Å². The van der Waals surface area contributed by atoms with Crippen molar-refractivity contribution in [3.05, 3.63) is 41.0 Å². The number of carbonyl (C=O) groups excluding carboxylic acids is 1. The Morgan fingerprint density at radius 1 is 1.26 bits per heavy atom. The zero-order valence-corrected chi connectivity index (χ0v) is 15.9. The number of anilines is 1. The van der Waals surface area contributed by atoms with E-state index >= 15 is 0 Å². The van der Waals surface area contributed by atoms with Crippen molar-refractivity contribution >= 4 is 22.4 Å². The molecule has 0 saturated carbocycles. The summed E-state index contributed by atoms with van der Waals surface area (Å²) in [5.41, 5.74) is 3.00. The molecule has 0 saturated heterocycles. The van der Waals surface area contributed by atoms with Gasteiger partial charge in [0.2, 0.25) is 0 Å². The van der Waals surface area contributed by atoms with E-state index in [-0.39, 0.29) is 5.91 Å². The Labute approximate surface area is 160 Å². The largest absolute Gasteiger partial charge is 0.486 e. The van der Waals surface area contributed by atoms with Gasteiger partial charge in [-0.3, -0.25) is 15.2 Å². The van der Waals surface area contributed by atoms with Crippen molar-refractivity contribution in [3.8, 4) is 22.8 Å². The van der Waals surface area contributed by atoms with Crippen LogP contribution >= 0.6 is 11.3 Å². The Kier molecular flexibility index (Phi) is 4.81. The molecule has 8 heteroatoms. The monoisotopic (exact) mass is 384 g/mol. The van der Waals surface area contributed by atoms with Crippen molar-refractivity contribution in [1.82, 2.24) is 15.2 Å². The van der Waals surface area contributed by atoms with Crippen LogP contribution in [0.2, 0.25) is 0 Å². The number of aromatic nitrogens is 3. The summed E-state index contributed by atoms with van der Waals surface area (Å²) in [6, 6.07) is 7.49. The van der Waals surface area contributed by atoms with Crippen LogP contribution in [-0.4, -0.2) is 34.3 Å². The SMILES string of the molecule is CC(C)Cc1cc(C(=O)Nc2nc(-c3ccc4c(c3)OCCO4)cs2)n[nH]1. The third-order valence-electron chi connectivity index (χ3n) is 4.05. The van der Waals surface area contributed by atoms with E-state index in [1.54, 1.807) is 6.07 Å². The molecule has 2 aromatic heterocycles. The highest BCUT2D eigenvalue weighted by molar-refractivity contribution is 7.14. The fourth-order valence-electron chi connectivity index (χ4n) is 2.85. The molecular formula is C19H20N4O3S. The van der Waals surface area contributed by atoms with Crippen LogP contribution in [-0.2, 0) is 6.42 Å². The lowest BCUT2D eigenvalue weighted by Crippen LogP contribution is -2.15. The molecule has 2 N–H and O–H groups in total. The van der Waals surface area contributed by atoms with Gasteiger partial charge in [-0.25, -0.2) is 4.98 Å². The summed E-state index contributed by atoms with van der Waals surface area (Å²) in [6.45, 7) is 5.34. The lowest BCUT2D eigenvalue weighted by atomic mass is 10.1. The van der Waals surface area contributed by atoms with Crippen LogP contribution in [0.4, 0.5) is 5.13 Å². The van der Waals surface area contributed by atoms with Crippen LogP contribution in [0.5, 0.6) is 11.5 Å². The van der Waals surface area contributed by atoms with Gasteiger partial charge in [-0.1, -0.05) is 13.8 Å². The fraction of sp³-hybridized carbons (Fsp3) is 0.316. The maximum Gasteiger partial charge on any atom is 0.277 e. The van der Waals surface area contributed by atoms with E-state index in [1.165, 1.54) is 11.3 Å². The Balaban J connectivity index is 1.46. The molecule has 0 atom stereocenters. The van der Waals surface area contributed by atoms with Gasteiger partial charge in [0, 0.05) is 16.6 Å². The standard InChI is InChI=1S/C19H20N4O3S/c1-11(2)7-13-9-14(23-22-13)18(24)21-19-20-15(10-27-19)12-3-4-16-17(8-12)26-6-5-25-16/h3-4,8-11H,5-7H2,1-2H3,(H,22,23)(H,20,21,24). The molecule has 0 fully saturated rings. The minimum Gasteiger partial charge on any atom is -0.486 e. The van der Waals surface area contributed by atoms with Crippen LogP contribution in [0, 0.1) is 5.92 Å². The highest BCUT2D eigenvalue weighted by Gasteiger charge is 2.16. The Morgan fingerprint density at radius 3 is 2.89 bits per heavy atom. The van der Waals surface area contributed by atoms with Crippen molar-refractivity contribution < 1.29 is 14.3 Å². The molecule has 1 aromatic carbocycles. The molecule has 140 valence electrons. The molecule has 3 heterocycles. The third kappa shape index (κ3) is 3.95. The number of nitrogens with one attached hydrogen (secondary N) is 2. The average Bonchev–Trinajstić information content (AvgIpc) is 3.30. The summed E-state index contributed by atoms with van der Waals surface area (Å²) in [7, 11) is 0. The van der Waals surface area contributed by atoms with Gasteiger partial charge in [0.25, 0.3) is 5.91 Å². The lowest BCUT2D eigenvalue weighted by molar-refractivity contribution is 0.102. The Bertz CT molecular complexity index is 964. The second-order valence-corrected chi connectivity index (χ2v) is 7.58. The first kappa shape index (κ1) is 17.5. The minimum absolute atomic E-state index is 0.274. The summed E-state index contributed by atoms with van der Waals surface area (Å²) in [4.78, 5) is 16.9. The molecule has 0 spiro atoms. The Morgan fingerprint density at radius 2 is 2.07 bits per heavy atom. The van der Waals surface area contributed by atoms with Gasteiger partial charge in [0.05, 0.1) is 5.69 Å². The van der Waals surface area contributed by atoms with E-state index < -0.39 is 0 Å². The van der Waals surface area contributed by atoms with E-state index in [4.69, 9.17) is 9.47 Å². The number of rotatable bonds is 5. The minimum atomic E-state index is -0.274. The molecule has 1 amide bonds. The highest BCUT2D eigenvalue weighted by Crippen LogP contribution is 2.35. The fourth-order valence-corrected chi connectivity index (χ4v) is 3.56. The number of hydrogen-bond acceptors (Lipinski definition) is 6. The first-order valence-electron chi connectivity index (χ1n) is 8.79. The number of H-pyrrole nitrogens is 1. The van der Waals surface area contributed by atoms with Gasteiger partial charge < -0.3 is 9.47 Å². The van der Waals surface area contributed by atoms with Gasteiger partial charge in [0.15, 0.2) is 22.3 Å². The summed E-state index contributed by atoms with van der Waals surface area (Å²) in [6.07, 6.45) is 0.853. The normalized spacial score (nSPS) is 13.0. The molecule has 0 unspecified atom stereocenters. The highest BCUT2D eigenvalue weighted by atomic mass is 32.1. The number of ether oxygens (including phenoxy) is 2. The van der Waals surface area contributed by atoms with Gasteiger partial charge in [-0.15, -0.1) is 11.3 Å². The molecule has 3 aromatic rings. The van der Waals surface area contributed by atoms with Crippen molar-refractivity contribution in [2.45, 2.75) is 20.3 Å². The molecule has 0 bridgehead atoms. The van der Waals surface area contributed by atoms with Gasteiger partial charge >= 0.3 is 0 Å². The summed E-state index contributed by atoms with van der Waals surface area (Å²) < 4.78 is 11.2. The number of hydrogen-bond donors (Lipinski definition) is 2. The first-order valence-corrected chi connectivity index (χ1v) is 9.67. The zero-order valence-electron chi connectivity index (χ0n) is 15.1. The van der Waals surface area contributed by atoms with E-state index in [9.17, 15) is 4.79 Å². The van der Waals surface area contributed by atoms with Gasteiger partial charge in [0.1, 0.15) is 13.2 Å². The topological polar surface area (TPSA) is 89.1 Å². The quantitative estimate of drug-likeness (QED) is 0.699. The smallest absolute Gasteiger partial charge is 0.277 e. The first-order chi connectivity index (χ1) is 13.1. The predicted octanol–water partition coefficient (Wildman–Crippen LogP) is 3.76. The second-order valence-electron chi connectivity index (χ2n) is 6.73. The number of amides is 1. The average molecular weight is 384 g/mol. The zero-order chi connectivity index (χ0) is 18.8. The van der Waals surface area contributed by atoms with Crippen molar-refractivity contribution in [1.29, 1.82) is 0 Å². The molecular weight excluding hydrogens is 364 g/mol. The number of benzene rings is 1. The number of carbonyl (C=O) groups is 1. The molecule has 27 heavy (non-hydrogen) atoms. The molecule has 7 nitrogen and oxygen atoms in total. The van der Waals surface area contributed by atoms with Gasteiger partial charge in [-0.05, 0) is 36.6 Å². The van der Waals surface area contributed by atoms with Crippen LogP contribution < -0.4 is 14.8 Å². The third-order valence-corrected chi connectivity index (χ3v) is 4.81. The van der Waals surface area contributed by atoms with Crippen molar-refractivity contribution in [2.75, 3.05) is 18.5 Å². The number of aromatic amines is 1. The lowest BCUT2D eigenvalue weighted by Gasteiger charge is -2.18. The van der Waals surface area contributed by atoms with Crippen LogP contribution in [0.25, 0.3) is 11.3 Å². The molecule has 1 aliphatic heterocycles. The second kappa shape index (κ2) is 7.40. The van der Waals surface area contributed by atoms with Crippen molar-refractivity contribution in [2.24, 2.45) is 5.92 Å². The predicted molar refractivity (Wildman–Crippen MR) is 104 cm³/mol. The van der Waals surface area contributed by atoms with E-state index in [0.717, 1.165) is 29.1 Å².